The molecule has 2 nitrogen and oxygen atoms in total. The quantitative estimate of drug-likeness (QED) is 0.114. The number of rotatable bonds is 13. The number of nitrogens with zero attached hydrogens (tertiary/aromatic N) is 2. The summed E-state index contributed by atoms with van der Waals surface area (Å²) in [6, 6.07) is 101. The van der Waals surface area contributed by atoms with E-state index in [0.717, 1.165) is 34.1 Å². The monoisotopic (exact) mass is 956 g/mol. The molecule has 0 aliphatic carbocycles. The minimum atomic E-state index is 1.08. The summed E-state index contributed by atoms with van der Waals surface area (Å²) >= 11 is 3.55. The first-order valence-electron chi connectivity index (χ1n) is 24.3. The molecule has 72 heavy (non-hydrogen) atoms. The fraction of sp³-hybridized carbons (Fsp3) is 0. The Morgan fingerprint density at radius 1 is 0.194 bits per heavy atom. The van der Waals surface area contributed by atoms with Crippen LogP contribution in [0.5, 0.6) is 0 Å². The van der Waals surface area contributed by atoms with Gasteiger partial charge in [0.2, 0.25) is 0 Å². The molecule has 0 fully saturated rings. The molecule has 2 aromatic heterocycles. The third-order valence-electron chi connectivity index (χ3n) is 13.3. The Balaban J connectivity index is 0.986. The fourth-order valence-electron chi connectivity index (χ4n) is 9.71. The van der Waals surface area contributed by atoms with Crippen LogP contribution in [0.3, 0.4) is 0 Å². The maximum atomic E-state index is 2.39. The molecule has 0 unspecified atom stereocenters. The standard InChI is InChI=1S/C68H48N2S2/c1-5-15-49(16-6-1)53-25-33-57(34-26-53)69(58-35-27-54(28-36-58)50-17-7-2-8-18-50)61-41-43-63(65(47-61)67-23-13-45-71-67)64-44-42-62(48-66(64)68-24-14-46-72-68)70(59-37-29-55(30-38-59)51-19-9-3-10-20-51)60-39-31-56(32-40-60)52-21-11-4-12-22-52/h1-48H. The molecule has 0 aliphatic heterocycles. The highest BCUT2D eigenvalue weighted by Gasteiger charge is 2.22. The van der Waals surface area contributed by atoms with Crippen LogP contribution in [0, 0.1) is 0 Å². The number of anilines is 6. The van der Waals surface area contributed by atoms with Crippen molar-refractivity contribution < 1.29 is 0 Å². The summed E-state index contributed by atoms with van der Waals surface area (Å²) in [5.74, 6) is 0. The van der Waals surface area contributed by atoms with E-state index in [9.17, 15) is 0 Å². The zero-order valence-electron chi connectivity index (χ0n) is 39.4. The summed E-state index contributed by atoms with van der Waals surface area (Å²) in [6.07, 6.45) is 0. The van der Waals surface area contributed by atoms with Crippen molar-refractivity contribution in [1.29, 1.82) is 0 Å². The maximum Gasteiger partial charge on any atom is 0.0468 e. The largest absolute Gasteiger partial charge is 0.310 e. The Kier molecular flexibility index (Phi) is 12.5. The lowest BCUT2D eigenvalue weighted by Crippen LogP contribution is -2.10. The van der Waals surface area contributed by atoms with Crippen molar-refractivity contribution in [1.82, 2.24) is 0 Å². The van der Waals surface area contributed by atoms with Gasteiger partial charge in [-0.1, -0.05) is 194 Å². The van der Waals surface area contributed by atoms with Crippen LogP contribution < -0.4 is 9.80 Å². The molecule has 12 aromatic rings. The molecule has 0 saturated heterocycles. The average molecular weight is 957 g/mol. The third-order valence-corrected chi connectivity index (χ3v) is 15.1. The molecular weight excluding hydrogens is 909 g/mol. The Bertz CT molecular complexity index is 3250. The number of thiophene rings is 2. The zero-order chi connectivity index (χ0) is 48.1. The van der Waals surface area contributed by atoms with Gasteiger partial charge >= 0.3 is 0 Å². The van der Waals surface area contributed by atoms with Gasteiger partial charge in [0, 0.05) is 55.0 Å². The van der Waals surface area contributed by atoms with E-state index in [2.05, 4.69) is 300 Å². The minimum Gasteiger partial charge on any atom is -0.310 e. The number of benzene rings is 10. The third kappa shape index (κ3) is 9.21. The Morgan fingerprint density at radius 2 is 0.444 bits per heavy atom. The molecule has 0 bridgehead atoms. The second kappa shape index (κ2) is 20.3. The summed E-state index contributed by atoms with van der Waals surface area (Å²) in [5.41, 5.74) is 20.8. The molecule has 0 radical (unpaired) electrons. The molecule has 0 spiro atoms. The average Bonchev–Trinajstić information content (AvgIpc) is 4.22. The lowest BCUT2D eigenvalue weighted by molar-refractivity contribution is 1.28. The van der Waals surface area contributed by atoms with Crippen molar-refractivity contribution >= 4 is 56.8 Å². The van der Waals surface area contributed by atoms with E-state index >= 15 is 0 Å². The maximum absolute atomic E-state index is 2.39. The van der Waals surface area contributed by atoms with Crippen LogP contribution in [0.1, 0.15) is 0 Å². The van der Waals surface area contributed by atoms with Crippen LogP contribution in [0.25, 0.3) is 76.5 Å². The van der Waals surface area contributed by atoms with E-state index in [1.54, 1.807) is 22.7 Å². The highest BCUT2D eigenvalue weighted by molar-refractivity contribution is 7.14. The topological polar surface area (TPSA) is 6.48 Å². The number of hydrogen-bond donors (Lipinski definition) is 0. The summed E-state index contributed by atoms with van der Waals surface area (Å²) in [4.78, 5) is 7.20. The summed E-state index contributed by atoms with van der Waals surface area (Å²) < 4.78 is 0. The van der Waals surface area contributed by atoms with Gasteiger partial charge in [-0.2, -0.15) is 0 Å². The molecule has 2 heterocycles. The zero-order valence-corrected chi connectivity index (χ0v) is 41.1. The Labute approximate surface area is 430 Å². The van der Waals surface area contributed by atoms with Crippen LogP contribution in [0.2, 0.25) is 0 Å². The van der Waals surface area contributed by atoms with Crippen LogP contribution >= 0.6 is 22.7 Å². The van der Waals surface area contributed by atoms with Gasteiger partial charge in [-0.15, -0.1) is 22.7 Å². The fourth-order valence-corrected chi connectivity index (χ4v) is 11.2. The van der Waals surface area contributed by atoms with Crippen LogP contribution in [0.15, 0.2) is 290 Å². The van der Waals surface area contributed by atoms with Crippen molar-refractivity contribution in [2.24, 2.45) is 0 Å². The molecule has 0 atom stereocenters. The molecule has 0 N–H and O–H groups in total. The van der Waals surface area contributed by atoms with E-state index in [0.29, 0.717) is 0 Å². The van der Waals surface area contributed by atoms with Gasteiger partial charge in [-0.05, 0) is 151 Å². The van der Waals surface area contributed by atoms with Crippen molar-refractivity contribution in [2.75, 3.05) is 9.80 Å². The van der Waals surface area contributed by atoms with Crippen molar-refractivity contribution in [3.8, 4) is 76.5 Å². The van der Waals surface area contributed by atoms with Crippen LogP contribution in [-0.4, -0.2) is 0 Å². The summed E-state index contributed by atoms with van der Waals surface area (Å²) in [6.45, 7) is 0. The second-order valence-electron chi connectivity index (χ2n) is 17.7. The van der Waals surface area contributed by atoms with E-state index < -0.39 is 0 Å². The van der Waals surface area contributed by atoms with Gasteiger partial charge in [-0.3, -0.25) is 0 Å². The van der Waals surface area contributed by atoms with Gasteiger partial charge in [0.25, 0.3) is 0 Å². The van der Waals surface area contributed by atoms with E-state index in [4.69, 9.17) is 0 Å². The second-order valence-corrected chi connectivity index (χ2v) is 19.6. The normalized spacial score (nSPS) is 11.1. The minimum absolute atomic E-state index is 1.08. The van der Waals surface area contributed by atoms with Gasteiger partial charge < -0.3 is 9.80 Å². The smallest absolute Gasteiger partial charge is 0.0468 e. The molecule has 0 aliphatic rings. The summed E-state index contributed by atoms with van der Waals surface area (Å²) in [7, 11) is 0. The first-order chi connectivity index (χ1) is 35.7. The molecule has 10 aromatic carbocycles. The molecule has 12 rings (SSSR count). The molecular formula is C68H48N2S2. The van der Waals surface area contributed by atoms with Gasteiger partial charge in [0.1, 0.15) is 0 Å². The highest BCUT2D eigenvalue weighted by atomic mass is 32.1. The van der Waals surface area contributed by atoms with Crippen LogP contribution in [0.4, 0.5) is 34.1 Å². The first kappa shape index (κ1) is 44.4. The molecule has 4 heteroatoms. The van der Waals surface area contributed by atoms with Gasteiger partial charge in [-0.25, -0.2) is 0 Å². The van der Waals surface area contributed by atoms with Crippen LogP contribution in [-0.2, 0) is 0 Å². The lowest BCUT2D eigenvalue weighted by Gasteiger charge is -2.28. The predicted molar refractivity (Wildman–Crippen MR) is 310 cm³/mol. The Morgan fingerprint density at radius 3 is 0.694 bits per heavy atom. The van der Waals surface area contributed by atoms with Gasteiger partial charge in [0.15, 0.2) is 0 Å². The van der Waals surface area contributed by atoms with Gasteiger partial charge in [0.05, 0.1) is 0 Å². The van der Waals surface area contributed by atoms with Crippen molar-refractivity contribution in [3.05, 3.63) is 290 Å². The van der Waals surface area contributed by atoms with E-state index in [-0.39, 0.29) is 0 Å². The highest BCUT2D eigenvalue weighted by Crippen LogP contribution is 2.47. The van der Waals surface area contributed by atoms with Crippen molar-refractivity contribution in [2.45, 2.75) is 0 Å². The lowest BCUT2D eigenvalue weighted by atomic mass is 9.92. The molecule has 0 saturated carbocycles. The van der Waals surface area contributed by atoms with E-state index in [1.165, 1.54) is 76.5 Å². The molecule has 342 valence electrons. The predicted octanol–water partition coefficient (Wildman–Crippen LogP) is 20.4. The van der Waals surface area contributed by atoms with E-state index in [1.807, 2.05) is 0 Å². The number of hydrogen-bond acceptors (Lipinski definition) is 4. The first-order valence-corrected chi connectivity index (χ1v) is 26.0. The Hall–Kier alpha value is -8.80. The SMILES string of the molecule is c1ccc(-c2ccc(N(c3ccc(-c4ccccc4)cc3)c3ccc(-c4ccc(N(c5ccc(-c6ccccc6)cc5)c5ccc(-c6ccccc6)cc5)cc4-c4cccs4)c(-c4cccs4)c3)cc2)cc1. The summed E-state index contributed by atoms with van der Waals surface area (Å²) in [5, 5.41) is 4.36. The molecule has 0 amide bonds. The van der Waals surface area contributed by atoms with Crippen molar-refractivity contribution in [3.63, 3.8) is 0 Å².